The molecule has 130 valence electrons. The molecular weight excluding hydrogens is 344 g/mol. The monoisotopic (exact) mass is 366 g/mol. The molecule has 0 radical (unpaired) electrons. The van der Waals surface area contributed by atoms with E-state index in [9.17, 15) is 8.42 Å². The molecule has 1 aliphatic rings. The number of sulfonamides is 1. The summed E-state index contributed by atoms with van der Waals surface area (Å²) < 4.78 is 28.3. The molecule has 1 heterocycles. The summed E-state index contributed by atoms with van der Waals surface area (Å²) in [5.41, 5.74) is 1.65. The maximum Gasteiger partial charge on any atom is 0.241 e. The number of halogens is 1. The van der Waals surface area contributed by atoms with Crippen molar-refractivity contribution in [2.45, 2.75) is 17.7 Å². The Hall–Kier alpha value is -1.40. The summed E-state index contributed by atoms with van der Waals surface area (Å²) in [6, 6.07) is 16.8. The lowest BCUT2D eigenvalue weighted by molar-refractivity contribution is 0.376. The highest BCUT2D eigenvalue weighted by atomic mass is 35.5. The molecule has 2 N–H and O–H groups in total. The molecular formula is C18H23ClN2O2S. The van der Waals surface area contributed by atoms with Gasteiger partial charge in [-0.25, -0.2) is 13.1 Å². The molecule has 1 atom stereocenters. The van der Waals surface area contributed by atoms with Crippen molar-refractivity contribution >= 4 is 22.4 Å². The average Bonchev–Trinajstić information content (AvgIpc) is 2.62. The van der Waals surface area contributed by atoms with Gasteiger partial charge in [0, 0.05) is 12.1 Å². The van der Waals surface area contributed by atoms with Crippen LogP contribution in [-0.4, -0.2) is 28.1 Å². The van der Waals surface area contributed by atoms with Gasteiger partial charge in [0.15, 0.2) is 0 Å². The van der Waals surface area contributed by atoms with Gasteiger partial charge in [0.25, 0.3) is 0 Å². The number of benzene rings is 2. The lowest BCUT2D eigenvalue weighted by Gasteiger charge is -2.23. The van der Waals surface area contributed by atoms with Crippen LogP contribution in [0.4, 0.5) is 0 Å². The molecule has 2 aromatic carbocycles. The second-order valence-corrected chi connectivity index (χ2v) is 7.66. The summed E-state index contributed by atoms with van der Waals surface area (Å²) in [4.78, 5) is 0.343. The number of hydrogen-bond acceptors (Lipinski definition) is 3. The molecule has 1 unspecified atom stereocenters. The summed E-state index contributed by atoms with van der Waals surface area (Å²) in [5.74, 6) is 0.363. The van der Waals surface area contributed by atoms with E-state index in [1.54, 1.807) is 12.1 Å². The topological polar surface area (TPSA) is 58.2 Å². The summed E-state index contributed by atoms with van der Waals surface area (Å²) in [7, 11) is -3.52. The first kappa shape index (κ1) is 18.9. The van der Waals surface area contributed by atoms with E-state index in [-0.39, 0.29) is 12.4 Å². The van der Waals surface area contributed by atoms with Crippen molar-refractivity contribution in [1.82, 2.24) is 10.0 Å². The Balaban J connectivity index is 0.00000208. The van der Waals surface area contributed by atoms with Crippen molar-refractivity contribution in [3.63, 3.8) is 0 Å². The summed E-state index contributed by atoms with van der Waals surface area (Å²) in [6.07, 6.45) is 2.17. The van der Waals surface area contributed by atoms with E-state index >= 15 is 0 Å². The zero-order valence-corrected chi connectivity index (χ0v) is 15.1. The predicted molar refractivity (Wildman–Crippen MR) is 99.9 cm³/mol. The lowest BCUT2D eigenvalue weighted by atomic mass is 10.0. The van der Waals surface area contributed by atoms with E-state index in [1.165, 1.54) is 0 Å². The molecule has 0 spiro atoms. The largest absolute Gasteiger partial charge is 0.316 e. The Kier molecular flexibility index (Phi) is 6.80. The van der Waals surface area contributed by atoms with E-state index in [4.69, 9.17) is 0 Å². The van der Waals surface area contributed by atoms with Crippen LogP contribution in [0.15, 0.2) is 59.5 Å². The van der Waals surface area contributed by atoms with Crippen LogP contribution in [0, 0.1) is 5.92 Å². The van der Waals surface area contributed by atoms with Gasteiger partial charge in [-0.15, -0.1) is 12.4 Å². The van der Waals surface area contributed by atoms with E-state index in [1.807, 2.05) is 42.5 Å². The number of nitrogens with one attached hydrogen (secondary N) is 2. The van der Waals surface area contributed by atoms with Gasteiger partial charge < -0.3 is 5.32 Å². The molecule has 3 rings (SSSR count). The van der Waals surface area contributed by atoms with Crippen LogP contribution in [-0.2, 0) is 10.0 Å². The minimum atomic E-state index is -3.52. The van der Waals surface area contributed by atoms with Crippen molar-refractivity contribution < 1.29 is 8.42 Å². The molecule has 4 nitrogen and oxygen atoms in total. The van der Waals surface area contributed by atoms with Gasteiger partial charge in [-0.2, -0.15) is 0 Å². The molecule has 0 aliphatic carbocycles. The highest BCUT2D eigenvalue weighted by molar-refractivity contribution is 7.89. The van der Waals surface area contributed by atoms with Crippen molar-refractivity contribution in [2.75, 3.05) is 19.6 Å². The highest BCUT2D eigenvalue weighted by Crippen LogP contribution is 2.27. The fourth-order valence-corrected chi connectivity index (χ4v) is 4.30. The van der Waals surface area contributed by atoms with Crippen molar-refractivity contribution in [3.05, 3.63) is 54.6 Å². The standard InChI is InChI=1S/C18H22N2O2S.ClH/c21-23(22,20-14-15-7-6-12-19-13-15)18-11-5-4-10-17(18)16-8-2-1-3-9-16;/h1-5,8-11,15,19-20H,6-7,12-14H2;1H. The number of piperidine rings is 1. The van der Waals surface area contributed by atoms with Gasteiger partial charge >= 0.3 is 0 Å². The summed E-state index contributed by atoms with van der Waals surface area (Å²) in [5, 5.41) is 3.31. The molecule has 0 amide bonds. The first-order chi connectivity index (χ1) is 11.2. The van der Waals surface area contributed by atoms with Crippen LogP contribution in [0.3, 0.4) is 0 Å². The Bertz CT molecular complexity index is 745. The third-order valence-corrected chi connectivity index (χ3v) is 5.70. The van der Waals surface area contributed by atoms with Crippen LogP contribution in [0.25, 0.3) is 11.1 Å². The second-order valence-electron chi connectivity index (χ2n) is 5.93. The summed E-state index contributed by atoms with van der Waals surface area (Å²) in [6.45, 7) is 2.39. The van der Waals surface area contributed by atoms with Gasteiger partial charge in [-0.3, -0.25) is 0 Å². The van der Waals surface area contributed by atoms with E-state index in [0.717, 1.165) is 37.1 Å². The fourth-order valence-electron chi connectivity index (χ4n) is 2.96. The Labute approximate surface area is 150 Å². The van der Waals surface area contributed by atoms with Crippen molar-refractivity contribution in [3.8, 4) is 11.1 Å². The molecule has 1 aliphatic heterocycles. The molecule has 1 saturated heterocycles. The summed E-state index contributed by atoms with van der Waals surface area (Å²) >= 11 is 0. The molecule has 1 fully saturated rings. The van der Waals surface area contributed by atoms with Gasteiger partial charge in [-0.1, -0.05) is 48.5 Å². The predicted octanol–water partition coefficient (Wildman–Crippen LogP) is 3.05. The molecule has 24 heavy (non-hydrogen) atoms. The van der Waals surface area contributed by atoms with E-state index in [2.05, 4.69) is 10.0 Å². The fraction of sp³-hybridized carbons (Fsp3) is 0.333. The van der Waals surface area contributed by atoms with Gasteiger partial charge in [0.2, 0.25) is 10.0 Å². The van der Waals surface area contributed by atoms with Gasteiger partial charge in [-0.05, 0) is 43.5 Å². The average molecular weight is 367 g/mol. The minimum absolute atomic E-state index is 0. The van der Waals surface area contributed by atoms with Crippen molar-refractivity contribution in [1.29, 1.82) is 0 Å². The minimum Gasteiger partial charge on any atom is -0.316 e. The molecule has 0 bridgehead atoms. The van der Waals surface area contributed by atoms with Crippen LogP contribution in [0.5, 0.6) is 0 Å². The molecule has 6 heteroatoms. The third-order valence-electron chi connectivity index (χ3n) is 4.22. The Morgan fingerprint density at radius 1 is 1.04 bits per heavy atom. The first-order valence-corrected chi connectivity index (χ1v) is 9.50. The zero-order valence-electron chi connectivity index (χ0n) is 13.4. The van der Waals surface area contributed by atoms with Crippen LogP contribution in [0.2, 0.25) is 0 Å². The molecule has 0 saturated carbocycles. The second kappa shape index (κ2) is 8.62. The molecule has 0 aromatic heterocycles. The maximum atomic E-state index is 12.7. The Morgan fingerprint density at radius 3 is 2.46 bits per heavy atom. The smallest absolute Gasteiger partial charge is 0.241 e. The van der Waals surface area contributed by atoms with Crippen LogP contribution >= 0.6 is 12.4 Å². The quantitative estimate of drug-likeness (QED) is 0.855. The maximum absolute atomic E-state index is 12.7. The van der Waals surface area contributed by atoms with Crippen molar-refractivity contribution in [2.24, 2.45) is 5.92 Å². The van der Waals surface area contributed by atoms with E-state index < -0.39 is 10.0 Å². The van der Waals surface area contributed by atoms with Crippen LogP contribution < -0.4 is 10.0 Å². The Morgan fingerprint density at radius 2 is 1.75 bits per heavy atom. The van der Waals surface area contributed by atoms with Crippen LogP contribution in [0.1, 0.15) is 12.8 Å². The zero-order chi connectivity index (χ0) is 16.1. The normalized spacial score (nSPS) is 17.9. The molecule has 2 aromatic rings. The third kappa shape index (κ3) is 4.57. The highest BCUT2D eigenvalue weighted by Gasteiger charge is 2.21. The lowest BCUT2D eigenvalue weighted by Crippen LogP contribution is -2.38. The van der Waals surface area contributed by atoms with Gasteiger partial charge in [0.1, 0.15) is 0 Å². The van der Waals surface area contributed by atoms with Gasteiger partial charge in [0.05, 0.1) is 4.90 Å². The number of hydrogen-bond donors (Lipinski definition) is 2. The SMILES string of the molecule is Cl.O=S(=O)(NCC1CCCNC1)c1ccccc1-c1ccccc1. The number of rotatable bonds is 5. The first-order valence-electron chi connectivity index (χ1n) is 8.02. The van der Waals surface area contributed by atoms with E-state index in [0.29, 0.717) is 17.4 Å².